The van der Waals surface area contributed by atoms with Crippen LogP contribution in [-0.4, -0.2) is 35.7 Å². The third kappa shape index (κ3) is 7.84. The van der Waals surface area contributed by atoms with Crippen molar-refractivity contribution < 1.29 is 17.9 Å². The lowest BCUT2D eigenvalue weighted by molar-refractivity contribution is -0.174. The van der Waals surface area contributed by atoms with Crippen LogP contribution in [-0.2, 0) is 17.8 Å². The first kappa shape index (κ1) is 16.0. The van der Waals surface area contributed by atoms with Gasteiger partial charge in [0.1, 0.15) is 6.61 Å². The van der Waals surface area contributed by atoms with Crippen LogP contribution in [0.1, 0.15) is 19.4 Å². The molecular weight excluding hydrogens is 259 g/mol. The molecule has 0 aromatic carbocycles. The summed E-state index contributed by atoms with van der Waals surface area (Å²) in [6.45, 7) is 4.97. The molecule has 19 heavy (non-hydrogen) atoms. The maximum atomic E-state index is 11.8. The highest BCUT2D eigenvalue weighted by Crippen LogP contribution is 2.14. The molecule has 0 spiro atoms. The maximum Gasteiger partial charge on any atom is 0.411 e. The van der Waals surface area contributed by atoms with E-state index in [1.165, 1.54) is 0 Å². The molecule has 0 unspecified atom stereocenters. The van der Waals surface area contributed by atoms with E-state index in [1.807, 2.05) is 6.20 Å². The van der Waals surface area contributed by atoms with Gasteiger partial charge in [-0.15, -0.1) is 0 Å². The molecule has 1 aromatic rings. The minimum absolute atomic E-state index is 0.0000522. The molecule has 1 N–H and O–H groups in total. The highest BCUT2D eigenvalue weighted by atomic mass is 19.4. The second kappa shape index (κ2) is 7.49. The minimum Gasteiger partial charge on any atom is -0.370 e. The predicted molar refractivity (Wildman–Crippen MR) is 65.6 cm³/mol. The van der Waals surface area contributed by atoms with Crippen LogP contribution in [0.25, 0.3) is 0 Å². The molecule has 7 heteroatoms. The minimum atomic E-state index is -4.27. The molecule has 0 fully saturated rings. The molecule has 0 aliphatic heterocycles. The summed E-state index contributed by atoms with van der Waals surface area (Å²) in [6, 6.07) is 0. The van der Waals surface area contributed by atoms with Gasteiger partial charge in [0.2, 0.25) is 0 Å². The molecule has 0 saturated carbocycles. The zero-order chi connectivity index (χ0) is 14.3. The van der Waals surface area contributed by atoms with Gasteiger partial charge in [-0.3, -0.25) is 4.68 Å². The molecule has 1 rings (SSSR count). The van der Waals surface area contributed by atoms with E-state index >= 15 is 0 Å². The van der Waals surface area contributed by atoms with Gasteiger partial charge < -0.3 is 10.1 Å². The van der Waals surface area contributed by atoms with E-state index < -0.39 is 12.8 Å². The number of ether oxygens (including phenoxy) is 1. The monoisotopic (exact) mass is 279 g/mol. The zero-order valence-electron chi connectivity index (χ0n) is 11.2. The summed E-state index contributed by atoms with van der Waals surface area (Å²) < 4.78 is 41.6. The van der Waals surface area contributed by atoms with Crippen LogP contribution in [0.5, 0.6) is 0 Å². The maximum absolute atomic E-state index is 11.8. The van der Waals surface area contributed by atoms with Crippen molar-refractivity contribution in [3.8, 4) is 0 Å². The lowest BCUT2D eigenvalue weighted by atomic mass is 10.2. The molecule has 0 bridgehead atoms. The summed E-state index contributed by atoms with van der Waals surface area (Å²) in [7, 11) is 0. The van der Waals surface area contributed by atoms with Crippen LogP contribution in [0.15, 0.2) is 12.4 Å². The van der Waals surface area contributed by atoms with Gasteiger partial charge in [0.25, 0.3) is 0 Å². The number of rotatable bonds is 8. The number of alkyl halides is 3. The van der Waals surface area contributed by atoms with E-state index in [0.29, 0.717) is 19.0 Å². The number of hydrogen-bond acceptors (Lipinski definition) is 3. The smallest absolute Gasteiger partial charge is 0.370 e. The van der Waals surface area contributed by atoms with Gasteiger partial charge in [-0.05, 0) is 12.5 Å². The first-order valence-electron chi connectivity index (χ1n) is 6.23. The number of aromatic nitrogens is 2. The van der Waals surface area contributed by atoms with Gasteiger partial charge in [-0.2, -0.15) is 18.3 Å². The summed E-state index contributed by atoms with van der Waals surface area (Å²) in [5, 5.41) is 7.33. The second-order valence-corrected chi connectivity index (χ2v) is 4.80. The van der Waals surface area contributed by atoms with Gasteiger partial charge in [0, 0.05) is 18.3 Å². The summed E-state index contributed by atoms with van der Waals surface area (Å²) >= 11 is 0. The highest BCUT2D eigenvalue weighted by molar-refractivity contribution is 5.03. The third-order valence-corrected chi connectivity index (χ3v) is 2.30. The molecule has 1 aromatic heterocycles. The average molecular weight is 279 g/mol. The Morgan fingerprint density at radius 3 is 2.79 bits per heavy atom. The molecule has 110 valence electrons. The van der Waals surface area contributed by atoms with Crippen molar-refractivity contribution in [3.63, 3.8) is 0 Å². The normalized spacial score (nSPS) is 12.3. The highest BCUT2D eigenvalue weighted by Gasteiger charge is 2.27. The fourth-order valence-electron chi connectivity index (χ4n) is 1.47. The molecule has 0 radical (unpaired) electrons. The zero-order valence-corrected chi connectivity index (χ0v) is 11.2. The Hall–Kier alpha value is -1.08. The summed E-state index contributed by atoms with van der Waals surface area (Å²) in [5.41, 5.74) is 1.01. The SMILES string of the molecule is CC(C)CNCc1cnn(CCOCC(F)(F)F)c1. The van der Waals surface area contributed by atoms with Crippen LogP contribution >= 0.6 is 0 Å². The third-order valence-electron chi connectivity index (χ3n) is 2.30. The standard InChI is InChI=1S/C12H20F3N3O/c1-10(2)5-16-6-11-7-17-18(8-11)3-4-19-9-12(13,14)15/h7-8,10,16H,3-6,9H2,1-2H3. The van der Waals surface area contributed by atoms with E-state index in [0.717, 1.165) is 12.1 Å². The van der Waals surface area contributed by atoms with Gasteiger partial charge >= 0.3 is 6.18 Å². The van der Waals surface area contributed by atoms with E-state index in [-0.39, 0.29) is 6.61 Å². The van der Waals surface area contributed by atoms with Crippen LogP contribution in [0.3, 0.4) is 0 Å². The Bertz CT molecular complexity index is 363. The van der Waals surface area contributed by atoms with Crippen LogP contribution in [0, 0.1) is 5.92 Å². The average Bonchev–Trinajstić information content (AvgIpc) is 2.71. The Kier molecular flexibility index (Phi) is 6.30. The van der Waals surface area contributed by atoms with Gasteiger partial charge in [-0.1, -0.05) is 13.8 Å². The number of halogens is 3. The van der Waals surface area contributed by atoms with Crippen molar-refractivity contribution in [2.24, 2.45) is 5.92 Å². The summed E-state index contributed by atoms with van der Waals surface area (Å²) in [5.74, 6) is 0.575. The topological polar surface area (TPSA) is 39.1 Å². The van der Waals surface area contributed by atoms with Crippen molar-refractivity contribution in [2.75, 3.05) is 19.8 Å². The second-order valence-electron chi connectivity index (χ2n) is 4.80. The van der Waals surface area contributed by atoms with Crippen LogP contribution < -0.4 is 5.32 Å². The number of hydrogen-bond donors (Lipinski definition) is 1. The lowest BCUT2D eigenvalue weighted by Gasteiger charge is -2.07. The molecule has 0 saturated heterocycles. The molecule has 0 aliphatic rings. The predicted octanol–water partition coefficient (Wildman–Crippen LogP) is 2.21. The largest absolute Gasteiger partial charge is 0.411 e. The molecule has 0 aliphatic carbocycles. The Morgan fingerprint density at radius 2 is 2.16 bits per heavy atom. The first-order valence-corrected chi connectivity index (χ1v) is 6.23. The molecule has 0 amide bonds. The Balaban J connectivity index is 2.19. The van der Waals surface area contributed by atoms with Crippen LogP contribution in [0.4, 0.5) is 13.2 Å². The molecule has 1 heterocycles. The van der Waals surface area contributed by atoms with Crippen molar-refractivity contribution >= 4 is 0 Å². The van der Waals surface area contributed by atoms with Gasteiger partial charge in [-0.25, -0.2) is 0 Å². The number of nitrogens with zero attached hydrogens (tertiary/aromatic N) is 2. The van der Waals surface area contributed by atoms with Crippen molar-refractivity contribution in [3.05, 3.63) is 18.0 Å². The lowest BCUT2D eigenvalue weighted by Crippen LogP contribution is -2.19. The first-order chi connectivity index (χ1) is 8.87. The van der Waals surface area contributed by atoms with Gasteiger partial charge in [0.15, 0.2) is 0 Å². The summed E-state index contributed by atoms with van der Waals surface area (Å²) in [4.78, 5) is 0. The number of nitrogens with one attached hydrogen (secondary N) is 1. The molecular formula is C12H20F3N3O. The fraction of sp³-hybridized carbons (Fsp3) is 0.750. The molecule has 0 atom stereocenters. The van der Waals surface area contributed by atoms with Crippen molar-refractivity contribution in [1.29, 1.82) is 0 Å². The van der Waals surface area contributed by atoms with E-state index in [4.69, 9.17) is 0 Å². The van der Waals surface area contributed by atoms with Gasteiger partial charge in [0.05, 0.1) is 19.3 Å². The van der Waals surface area contributed by atoms with E-state index in [9.17, 15) is 13.2 Å². The van der Waals surface area contributed by atoms with E-state index in [2.05, 4.69) is 29.0 Å². The Labute approximate surface area is 110 Å². The van der Waals surface area contributed by atoms with Crippen LogP contribution in [0.2, 0.25) is 0 Å². The van der Waals surface area contributed by atoms with Crippen molar-refractivity contribution in [2.45, 2.75) is 33.1 Å². The Morgan fingerprint density at radius 1 is 1.42 bits per heavy atom. The quantitative estimate of drug-likeness (QED) is 0.742. The molecule has 4 nitrogen and oxygen atoms in total. The van der Waals surface area contributed by atoms with Crippen molar-refractivity contribution in [1.82, 2.24) is 15.1 Å². The van der Waals surface area contributed by atoms with E-state index in [1.54, 1.807) is 10.9 Å². The summed E-state index contributed by atoms with van der Waals surface area (Å²) in [6.07, 6.45) is -0.753. The fourth-order valence-corrected chi connectivity index (χ4v) is 1.47.